The van der Waals surface area contributed by atoms with Crippen molar-refractivity contribution < 1.29 is 31.8 Å². The third-order valence-electron chi connectivity index (χ3n) is 2.03. The van der Waals surface area contributed by atoms with E-state index >= 15 is 0 Å². The van der Waals surface area contributed by atoms with E-state index in [9.17, 15) is 17.6 Å². The van der Waals surface area contributed by atoms with Gasteiger partial charge in [-0.05, 0) is 13.8 Å². The Morgan fingerprint density at radius 3 is 2.25 bits per heavy atom. The van der Waals surface area contributed by atoms with Crippen molar-refractivity contribution in [2.45, 2.75) is 44.7 Å². The van der Waals surface area contributed by atoms with E-state index in [0.717, 1.165) is 0 Å². The Hall–Kier alpha value is -0.400. The first-order chi connectivity index (χ1) is 7.04. The first-order valence-electron chi connectivity index (χ1n) is 4.75. The molecule has 96 valence electrons. The molecule has 0 aromatic heterocycles. The molecule has 1 saturated heterocycles. The molecule has 1 unspecified atom stereocenters. The minimum absolute atomic E-state index is 0.0400. The quantitative estimate of drug-likeness (QED) is 0.713. The van der Waals surface area contributed by atoms with Gasteiger partial charge < -0.3 is 14.2 Å². The van der Waals surface area contributed by atoms with Gasteiger partial charge in [-0.25, -0.2) is 0 Å². The maximum absolute atomic E-state index is 12.7. The second-order valence-electron chi connectivity index (χ2n) is 4.17. The van der Waals surface area contributed by atoms with Crippen molar-refractivity contribution in [1.82, 2.24) is 0 Å². The van der Waals surface area contributed by atoms with Crippen LogP contribution in [-0.2, 0) is 14.2 Å². The molecule has 3 nitrogen and oxygen atoms in total. The Morgan fingerprint density at radius 1 is 1.31 bits per heavy atom. The van der Waals surface area contributed by atoms with E-state index in [1.165, 1.54) is 0 Å². The van der Waals surface area contributed by atoms with E-state index in [1.54, 1.807) is 13.8 Å². The molecule has 0 radical (unpaired) electrons. The predicted molar refractivity (Wildman–Crippen MR) is 46.4 cm³/mol. The number of rotatable bonds is 4. The van der Waals surface area contributed by atoms with E-state index < -0.39 is 30.5 Å². The van der Waals surface area contributed by atoms with Crippen LogP contribution in [-0.4, -0.2) is 37.1 Å². The largest absolute Gasteiger partial charge is 0.419 e. The normalized spacial score (nSPS) is 26.1. The van der Waals surface area contributed by atoms with Crippen LogP contribution >= 0.6 is 0 Å². The van der Waals surface area contributed by atoms with Gasteiger partial charge in [-0.3, -0.25) is 0 Å². The maximum Gasteiger partial charge on any atom is 0.419 e. The van der Waals surface area contributed by atoms with Crippen LogP contribution in [0.2, 0.25) is 0 Å². The number of ether oxygens (including phenoxy) is 3. The Kier molecular flexibility index (Phi) is 3.52. The van der Waals surface area contributed by atoms with Crippen molar-refractivity contribution in [3.8, 4) is 0 Å². The Bertz CT molecular complexity index is 250. The molecule has 1 atom stereocenters. The van der Waals surface area contributed by atoms with E-state index in [2.05, 4.69) is 4.74 Å². The van der Waals surface area contributed by atoms with Gasteiger partial charge in [0.15, 0.2) is 5.79 Å². The second kappa shape index (κ2) is 4.12. The van der Waals surface area contributed by atoms with Gasteiger partial charge in [-0.15, -0.1) is 0 Å². The smallest absolute Gasteiger partial charge is 0.348 e. The lowest BCUT2D eigenvalue weighted by Gasteiger charge is -2.24. The highest BCUT2D eigenvalue weighted by molar-refractivity contribution is 4.74. The van der Waals surface area contributed by atoms with Crippen LogP contribution in [0.1, 0.15) is 20.8 Å². The topological polar surface area (TPSA) is 27.7 Å². The molecule has 1 aliphatic rings. The molecule has 0 N–H and O–H groups in total. The Balaban J connectivity index is 2.42. The fraction of sp³-hybridized carbons (Fsp3) is 1.00. The van der Waals surface area contributed by atoms with Crippen LogP contribution < -0.4 is 0 Å². The highest BCUT2D eigenvalue weighted by Crippen LogP contribution is 2.35. The second-order valence-corrected chi connectivity index (χ2v) is 4.17. The Morgan fingerprint density at radius 2 is 1.88 bits per heavy atom. The average Bonchev–Trinajstić information content (AvgIpc) is 2.40. The molecule has 0 aliphatic carbocycles. The summed E-state index contributed by atoms with van der Waals surface area (Å²) in [5.41, 5.74) is 0. The van der Waals surface area contributed by atoms with Crippen molar-refractivity contribution in [2.24, 2.45) is 0 Å². The lowest BCUT2D eigenvalue weighted by molar-refractivity contribution is -0.346. The monoisotopic (exact) mass is 246 g/mol. The molecule has 1 rings (SSSR count). The summed E-state index contributed by atoms with van der Waals surface area (Å²) in [6.45, 7) is 2.69. The van der Waals surface area contributed by atoms with Gasteiger partial charge >= 0.3 is 12.0 Å². The summed E-state index contributed by atoms with van der Waals surface area (Å²) >= 11 is 0. The standard InChI is InChI=1S/C9H14F4O3/c1-7(2)14-4-6(16-7)5-15-9(12,13)8(3,10)11/h6H,4-5H2,1-3H3. The van der Waals surface area contributed by atoms with Crippen molar-refractivity contribution in [3.63, 3.8) is 0 Å². The molecule has 0 bridgehead atoms. The van der Waals surface area contributed by atoms with Crippen molar-refractivity contribution in [3.05, 3.63) is 0 Å². The van der Waals surface area contributed by atoms with Gasteiger partial charge in [-0.2, -0.15) is 17.6 Å². The minimum atomic E-state index is -4.50. The molecule has 0 amide bonds. The number of hydrogen-bond acceptors (Lipinski definition) is 3. The number of alkyl halides is 4. The first-order valence-corrected chi connectivity index (χ1v) is 4.75. The van der Waals surface area contributed by atoms with Crippen LogP contribution in [0.3, 0.4) is 0 Å². The van der Waals surface area contributed by atoms with E-state index in [-0.39, 0.29) is 13.5 Å². The van der Waals surface area contributed by atoms with Crippen LogP contribution in [0.5, 0.6) is 0 Å². The molecule has 0 spiro atoms. The molecule has 0 aromatic rings. The molecule has 16 heavy (non-hydrogen) atoms. The van der Waals surface area contributed by atoms with Crippen molar-refractivity contribution in [2.75, 3.05) is 13.2 Å². The molecule has 1 heterocycles. The highest BCUT2D eigenvalue weighted by Gasteiger charge is 2.54. The molecule has 7 heteroatoms. The fourth-order valence-corrected chi connectivity index (χ4v) is 1.17. The summed E-state index contributed by atoms with van der Waals surface area (Å²) in [4.78, 5) is 0. The molecule has 1 aliphatic heterocycles. The van der Waals surface area contributed by atoms with Gasteiger partial charge in [0.2, 0.25) is 0 Å². The first kappa shape index (κ1) is 13.7. The summed E-state index contributed by atoms with van der Waals surface area (Å²) in [7, 11) is 0. The summed E-state index contributed by atoms with van der Waals surface area (Å²) < 4.78 is 64.3. The van der Waals surface area contributed by atoms with E-state index in [1.807, 2.05) is 0 Å². The third-order valence-corrected chi connectivity index (χ3v) is 2.03. The molecular weight excluding hydrogens is 232 g/mol. The van der Waals surface area contributed by atoms with Crippen molar-refractivity contribution >= 4 is 0 Å². The summed E-state index contributed by atoms with van der Waals surface area (Å²) in [6, 6.07) is 0. The number of hydrogen-bond donors (Lipinski definition) is 0. The zero-order valence-electron chi connectivity index (χ0n) is 9.23. The zero-order valence-corrected chi connectivity index (χ0v) is 9.23. The van der Waals surface area contributed by atoms with Gasteiger partial charge in [-0.1, -0.05) is 0 Å². The van der Waals surface area contributed by atoms with Gasteiger partial charge in [0.1, 0.15) is 6.10 Å². The molecule has 0 saturated carbocycles. The van der Waals surface area contributed by atoms with Crippen LogP contribution in [0, 0.1) is 0 Å². The van der Waals surface area contributed by atoms with E-state index in [0.29, 0.717) is 0 Å². The summed E-state index contributed by atoms with van der Waals surface area (Å²) in [6.07, 6.45) is -5.26. The fourth-order valence-electron chi connectivity index (χ4n) is 1.17. The van der Waals surface area contributed by atoms with Gasteiger partial charge in [0.25, 0.3) is 0 Å². The number of halogens is 4. The third kappa shape index (κ3) is 3.29. The van der Waals surface area contributed by atoms with Crippen molar-refractivity contribution in [1.29, 1.82) is 0 Å². The van der Waals surface area contributed by atoms with Crippen LogP contribution in [0.15, 0.2) is 0 Å². The summed E-state index contributed by atoms with van der Waals surface area (Å²) in [5, 5.41) is 0. The predicted octanol–water partition coefficient (Wildman–Crippen LogP) is 2.40. The summed E-state index contributed by atoms with van der Waals surface area (Å²) in [5.74, 6) is -5.11. The van der Waals surface area contributed by atoms with E-state index in [4.69, 9.17) is 9.47 Å². The lowest BCUT2D eigenvalue weighted by Crippen LogP contribution is -2.42. The lowest BCUT2D eigenvalue weighted by atomic mass is 10.3. The zero-order chi connectivity index (χ0) is 12.6. The maximum atomic E-state index is 12.7. The SMILES string of the molecule is CC1(C)OCC(COC(F)(F)C(C)(F)F)O1. The Labute approximate surface area is 90.7 Å². The average molecular weight is 246 g/mol. The molecule has 1 fully saturated rings. The molecule has 0 aromatic carbocycles. The molecular formula is C9H14F4O3. The highest BCUT2D eigenvalue weighted by atomic mass is 19.3. The van der Waals surface area contributed by atoms with Gasteiger partial charge in [0.05, 0.1) is 13.2 Å². The minimum Gasteiger partial charge on any atom is -0.348 e. The van der Waals surface area contributed by atoms with Gasteiger partial charge in [0, 0.05) is 6.92 Å². The van der Waals surface area contributed by atoms with Crippen LogP contribution in [0.4, 0.5) is 17.6 Å². The van der Waals surface area contributed by atoms with Crippen LogP contribution in [0.25, 0.3) is 0 Å².